The highest BCUT2D eigenvalue weighted by atomic mass is 14.9. The molecule has 0 amide bonds. The van der Waals surface area contributed by atoms with Crippen molar-refractivity contribution in [2.24, 2.45) is 5.73 Å². The quantitative estimate of drug-likeness (QED) is 0.684. The van der Waals surface area contributed by atoms with E-state index < -0.39 is 0 Å². The molecule has 2 heteroatoms. The van der Waals surface area contributed by atoms with Crippen molar-refractivity contribution in [2.45, 2.75) is 19.4 Å². The van der Waals surface area contributed by atoms with Gasteiger partial charge in [-0.2, -0.15) is 0 Å². The molecule has 0 aliphatic carbocycles. The van der Waals surface area contributed by atoms with Crippen LogP contribution in [0.3, 0.4) is 0 Å². The maximum atomic E-state index is 5.35. The highest BCUT2D eigenvalue weighted by molar-refractivity contribution is 5.13. The van der Waals surface area contributed by atoms with E-state index in [4.69, 9.17) is 5.73 Å². The summed E-state index contributed by atoms with van der Waals surface area (Å²) in [4.78, 5) is 0. The summed E-state index contributed by atoms with van der Waals surface area (Å²) in [6.07, 6.45) is 2.78. The molecule has 0 aromatic heterocycles. The standard InChI is InChI=1S/C7H9N.C4H9N/c8-6-7-4-2-1-3-5-7;1-2-4-5-3-1/h1-5H,6,8H2;5H,1-4H2. The topological polar surface area (TPSA) is 38.0 Å². The molecule has 3 N–H and O–H groups in total. The molecule has 0 spiro atoms. The maximum Gasteiger partial charge on any atom is 0.0178 e. The summed E-state index contributed by atoms with van der Waals surface area (Å²) in [5.41, 5.74) is 6.54. The summed E-state index contributed by atoms with van der Waals surface area (Å²) in [6, 6.07) is 9.99. The zero-order valence-corrected chi connectivity index (χ0v) is 8.00. The van der Waals surface area contributed by atoms with Crippen molar-refractivity contribution in [3.63, 3.8) is 0 Å². The van der Waals surface area contributed by atoms with E-state index in [1.54, 1.807) is 0 Å². The minimum Gasteiger partial charge on any atom is -0.326 e. The fourth-order valence-electron chi connectivity index (χ4n) is 1.24. The molecule has 2 nitrogen and oxygen atoms in total. The van der Waals surface area contributed by atoms with Crippen molar-refractivity contribution < 1.29 is 0 Å². The predicted molar refractivity (Wildman–Crippen MR) is 56.4 cm³/mol. The van der Waals surface area contributed by atoms with E-state index in [-0.39, 0.29) is 0 Å². The van der Waals surface area contributed by atoms with Gasteiger partial charge in [-0.15, -0.1) is 0 Å². The number of nitrogens with one attached hydrogen (secondary N) is 1. The van der Waals surface area contributed by atoms with Gasteiger partial charge in [0.15, 0.2) is 0 Å². The number of benzene rings is 1. The van der Waals surface area contributed by atoms with Crippen LogP contribution in [-0.2, 0) is 6.54 Å². The van der Waals surface area contributed by atoms with Crippen LogP contribution in [0.2, 0.25) is 0 Å². The third-order valence-corrected chi connectivity index (χ3v) is 2.04. The maximum absolute atomic E-state index is 5.35. The normalized spacial score (nSPS) is 14.8. The third kappa shape index (κ3) is 4.65. The van der Waals surface area contributed by atoms with Crippen LogP contribution in [0, 0.1) is 0 Å². The molecule has 0 saturated carbocycles. The first-order chi connectivity index (χ1) is 6.43. The lowest BCUT2D eigenvalue weighted by molar-refractivity contribution is 0.857. The Morgan fingerprint density at radius 1 is 1.08 bits per heavy atom. The average molecular weight is 178 g/mol. The summed E-state index contributed by atoms with van der Waals surface area (Å²) in [5.74, 6) is 0. The monoisotopic (exact) mass is 178 g/mol. The first-order valence-electron chi connectivity index (χ1n) is 4.88. The zero-order valence-electron chi connectivity index (χ0n) is 8.00. The van der Waals surface area contributed by atoms with Gasteiger partial charge in [0.25, 0.3) is 0 Å². The van der Waals surface area contributed by atoms with E-state index in [1.165, 1.54) is 31.5 Å². The van der Waals surface area contributed by atoms with Crippen LogP contribution in [0.5, 0.6) is 0 Å². The first kappa shape index (κ1) is 10.2. The third-order valence-electron chi connectivity index (χ3n) is 2.04. The van der Waals surface area contributed by atoms with Crippen LogP contribution >= 0.6 is 0 Å². The van der Waals surface area contributed by atoms with Gasteiger partial charge in [0.05, 0.1) is 0 Å². The number of hydrogen-bond donors (Lipinski definition) is 2. The Kier molecular flexibility index (Phi) is 5.22. The van der Waals surface area contributed by atoms with Gasteiger partial charge in [-0.1, -0.05) is 30.3 Å². The van der Waals surface area contributed by atoms with E-state index in [0.717, 1.165) is 0 Å². The molecule has 2 rings (SSSR count). The molecule has 0 unspecified atom stereocenters. The highest BCUT2D eigenvalue weighted by Crippen LogP contribution is 1.94. The second-order valence-electron chi connectivity index (χ2n) is 3.15. The number of rotatable bonds is 1. The van der Waals surface area contributed by atoms with Gasteiger partial charge in [0.2, 0.25) is 0 Å². The van der Waals surface area contributed by atoms with Crippen molar-refractivity contribution in [1.82, 2.24) is 5.32 Å². The molecule has 0 bridgehead atoms. The lowest BCUT2D eigenvalue weighted by atomic mass is 10.2. The molecule has 1 aliphatic heterocycles. The van der Waals surface area contributed by atoms with E-state index in [0.29, 0.717) is 6.54 Å². The Bertz CT molecular complexity index is 197. The fourth-order valence-corrected chi connectivity index (χ4v) is 1.24. The Morgan fingerprint density at radius 2 is 1.69 bits per heavy atom. The lowest BCUT2D eigenvalue weighted by Crippen LogP contribution is -2.03. The molecule has 1 aliphatic rings. The molecule has 13 heavy (non-hydrogen) atoms. The molecule has 1 aromatic carbocycles. The molecule has 1 heterocycles. The van der Waals surface area contributed by atoms with Crippen LogP contribution in [0.25, 0.3) is 0 Å². The Balaban J connectivity index is 0.000000145. The Hall–Kier alpha value is -0.860. The molecule has 1 saturated heterocycles. The van der Waals surface area contributed by atoms with Gasteiger partial charge in [0.1, 0.15) is 0 Å². The zero-order chi connectivity index (χ0) is 9.36. The van der Waals surface area contributed by atoms with E-state index in [9.17, 15) is 0 Å². The molecule has 1 aromatic rings. The van der Waals surface area contributed by atoms with Crippen molar-refractivity contribution in [1.29, 1.82) is 0 Å². The summed E-state index contributed by atoms with van der Waals surface area (Å²) in [5, 5.41) is 3.22. The van der Waals surface area contributed by atoms with Crippen LogP contribution in [0.15, 0.2) is 30.3 Å². The van der Waals surface area contributed by atoms with Crippen LogP contribution in [0.1, 0.15) is 18.4 Å². The van der Waals surface area contributed by atoms with Crippen molar-refractivity contribution >= 4 is 0 Å². The van der Waals surface area contributed by atoms with Crippen LogP contribution in [-0.4, -0.2) is 13.1 Å². The molecule has 0 atom stereocenters. The Labute approximate surface area is 80.1 Å². The van der Waals surface area contributed by atoms with E-state index in [2.05, 4.69) is 5.32 Å². The average Bonchev–Trinajstić information content (AvgIpc) is 2.77. The predicted octanol–water partition coefficient (Wildman–Crippen LogP) is 1.52. The number of nitrogens with two attached hydrogens (primary N) is 1. The molecule has 1 fully saturated rings. The minimum atomic E-state index is 0.640. The summed E-state index contributed by atoms with van der Waals surface area (Å²) in [7, 11) is 0. The van der Waals surface area contributed by atoms with Crippen LogP contribution in [0.4, 0.5) is 0 Å². The first-order valence-corrected chi connectivity index (χ1v) is 4.88. The summed E-state index contributed by atoms with van der Waals surface area (Å²) >= 11 is 0. The largest absolute Gasteiger partial charge is 0.326 e. The van der Waals surface area contributed by atoms with Crippen molar-refractivity contribution in [3.8, 4) is 0 Å². The fraction of sp³-hybridized carbons (Fsp3) is 0.455. The molecular formula is C11H18N2. The summed E-state index contributed by atoms with van der Waals surface area (Å²) < 4.78 is 0. The Morgan fingerprint density at radius 3 is 2.00 bits per heavy atom. The smallest absolute Gasteiger partial charge is 0.0178 e. The molecular weight excluding hydrogens is 160 g/mol. The van der Waals surface area contributed by atoms with E-state index in [1.807, 2.05) is 30.3 Å². The minimum absolute atomic E-state index is 0.640. The van der Waals surface area contributed by atoms with Gasteiger partial charge in [-0.25, -0.2) is 0 Å². The SMILES string of the molecule is C1CCNC1.NCc1ccccc1. The van der Waals surface area contributed by atoms with Crippen LogP contribution < -0.4 is 11.1 Å². The highest BCUT2D eigenvalue weighted by Gasteiger charge is 1.93. The van der Waals surface area contributed by atoms with Gasteiger partial charge >= 0.3 is 0 Å². The number of hydrogen-bond acceptors (Lipinski definition) is 2. The summed E-state index contributed by atoms with van der Waals surface area (Å²) in [6.45, 7) is 3.14. The van der Waals surface area contributed by atoms with Gasteiger partial charge in [0, 0.05) is 6.54 Å². The van der Waals surface area contributed by atoms with Gasteiger partial charge < -0.3 is 11.1 Å². The second-order valence-corrected chi connectivity index (χ2v) is 3.15. The lowest BCUT2D eigenvalue weighted by Gasteiger charge is -1.90. The van der Waals surface area contributed by atoms with Gasteiger partial charge in [-0.3, -0.25) is 0 Å². The van der Waals surface area contributed by atoms with Crippen molar-refractivity contribution in [3.05, 3.63) is 35.9 Å². The second kappa shape index (κ2) is 6.63. The molecule has 0 radical (unpaired) electrons. The van der Waals surface area contributed by atoms with Gasteiger partial charge in [-0.05, 0) is 31.5 Å². The van der Waals surface area contributed by atoms with Crippen molar-refractivity contribution in [2.75, 3.05) is 13.1 Å². The molecule has 72 valence electrons. The van der Waals surface area contributed by atoms with E-state index >= 15 is 0 Å².